The minimum atomic E-state index is -4.27. The molecule has 0 spiro atoms. The van der Waals surface area contributed by atoms with Crippen LogP contribution < -0.4 is 21.2 Å². The molecule has 0 aliphatic rings. The molecule has 4 nitrogen and oxygen atoms in total. The first-order valence-corrected chi connectivity index (χ1v) is 12.8. The maximum absolute atomic E-state index is 10.4. The van der Waals surface area contributed by atoms with Crippen LogP contribution in [0.15, 0.2) is 100 Å². The van der Waals surface area contributed by atoms with E-state index in [4.69, 9.17) is 4.42 Å². The van der Waals surface area contributed by atoms with Gasteiger partial charge < -0.3 is 8.97 Å². The number of halogens is 1. The first kappa shape index (κ1) is 22.3. The normalized spacial score (nSPS) is 10.9. The Labute approximate surface area is 187 Å². The number of aryl methyl sites for hydroxylation is 2. The quantitative estimate of drug-likeness (QED) is 0.299. The molecule has 0 fully saturated rings. The van der Waals surface area contributed by atoms with Gasteiger partial charge in [0.1, 0.15) is 15.9 Å². The average molecular weight is 532 g/mol. The summed E-state index contributed by atoms with van der Waals surface area (Å²) in [6.45, 7) is 3.81. The van der Waals surface area contributed by atoms with Crippen molar-refractivity contribution in [3.63, 3.8) is 0 Å². The SMILES string of the molecule is Cc1ccc(S(=O)(=O)[O-])cc1.Cc1ccc([I+]c2ccc(-c3ccccc3)cc2)o1. The fraction of sp³-hybridized carbons (Fsp3) is 0.0833. The molecule has 3 aromatic carbocycles. The molecule has 0 saturated carbocycles. The summed E-state index contributed by atoms with van der Waals surface area (Å²) in [5.41, 5.74) is 3.46. The zero-order valence-corrected chi connectivity index (χ0v) is 19.6. The van der Waals surface area contributed by atoms with Crippen molar-refractivity contribution < 1.29 is 38.6 Å². The van der Waals surface area contributed by atoms with Crippen molar-refractivity contribution in [1.29, 1.82) is 0 Å². The number of hydrogen-bond acceptors (Lipinski definition) is 4. The van der Waals surface area contributed by atoms with Crippen molar-refractivity contribution >= 4 is 10.1 Å². The Balaban J connectivity index is 0.000000199. The first-order chi connectivity index (χ1) is 14.3. The van der Waals surface area contributed by atoms with Crippen molar-refractivity contribution in [3.05, 3.63) is 110 Å². The van der Waals surface area contributed by atoms with Gasteiger partial charge in [-0.25, -0.2) is 8.42 Å². The molecule has 1 aromatic heterocycles. The average Bonchev–Trinajstić information content (AvgIpc) is 3.14. The molecule has 0 atom stereocenters. The van der Waals surface area contributed by atoms with Gasteiger partial charge in [0.2, 0.25) is 0 Å². The second-order valence-electron chi connectivity index (χ2n) is 6.58. The lowest BCUT2D eigenvalue weighted by Crippen LogP contribution is -3.61. The molecule has 0 aliphatic heterocycles. The van der Waals surface area contributed by atoms with Gasteiger partial charge in [-0.2, -0.15) is 0 Å². The molecule has 30 heavy (non-hydrogen) atoms. The summed E-state index contributed by atoms with van der Waals surface area (Å²) in [5, 5.41) is 0. The van der Waals surface area contributed by atoms with E-state index in [1.54, 1.807) is 12.1 Å². The number of benzene rings is 3. The van der Waals surface area contributed by atoms with Crippen LogP contribution in [0.4, 0.5) is 0 Å². The predicted octanol–water partition coefficient (Wildman–Crippen LogP) is 2.28. The Morgan fingerprint density at radius 2 is 1.33 bits per heavy atom. The second kappa shape index (κ2) is 10.1. The van der Waals surface area contributed by atoms with Crippen LogP contribution in [0.3, 0.4) is 0 Å². The molecule has 4 aromatic rings. The van der Waals surface area contributed by atoms with E-state index in [0.29, 0.717) is 0 Å². The Morgan fingerprint density at radius 1 is 0.733 bits per heavy atom. The van der Waals surface area contributed by atoms with Crippen LogP contribution in [0.5, 0.6) is 0 Å². The summed E-state index contributed by atoms with van der Waals surface area (Å²) in [6.07, 6.45) is 0. The van der Waals surface area contributed by atoms with Crippen molar-refractivity contribution in [3.8, 4) is 11.1 Å². The Kier molecular flexibility index (Phi) is 7.47. The van der Waals surface area contributed by atoms with Gasteiger partial charge in [-0.1, -0.05) is 48.0 Å². The number of furan rings is 1. The van der Waals surface area contributed by atoms with Gasteiger partial charge in [-0.05, 0) is 67.4 Å². The molecule has 4 rings (SSSR count). The third kappa shape index (κ3) is 6.55. The van der Waals surface area contributed by atoms with Crippen molar-refractivity contribution in [2.24, 2.45) is 0 Å². The van der Waals surface area contributed by atoms with Gasteiger partial charge in [-0.3, -0.25) is 0 Å². The van der Waals surface area contributed by atoms with Gasteiger partial charge in [0.05, 0.1) is 4.90 Å². The van der Waals surface area contributed by atoms with Crippen molar-refractivity contribution in [2.75, 3.05) is 0 Å². The largest absolute Gasteiger partial charge is 0.744 e. The monoisotopic (exact) mass is 532 g/mol. The fourth-order valence-electron chi connectivity index (χ4n) is 2.60. The highest BCUT2D eigenvalue weighted by atomic mass is 127. The lowest BCUT2D eigenvalue weighted by atomic mass is 10.1. The standard InChI is InChI=1S/C17H14IO.C7H8O3S/c1-13-7-12-17(19-13)18-16-10-8-15(9-11-16)14-5-3-2-4-6-14;1-6-2-4-7(5-3-6)11(8,9)10/h2-12H,1H3;2-5H,1H3,(H,8,9,10)/q+1;/p-1. The van der Waals surface area contributed by atoms with Gasteiger partial charge in [-0.15, -0.1) is 0 Å². The maximum atomic E-state index is 10.4. The Hall–Kier alpha value is -2.42. The second-order valence-corrected chi connectivity index (χ2v) is 10.8. The number of hydrogen-bond donors (Lipinski definition) is 0. The summed E-state index contributed by atoms with van der Waals surface area (Å²) >= 11 is -0.200. The lowest BCUT2D eigenvalue weighted by molar-refractivity contribution is -0.617. The predicted molar refractivity (Wildman–Crippen MR) is 112 cm³/mol. The van der Waals surface area contributed by atoms with Crippen LogP contribution in [-0.4, -0.2) is 13.0 Å². The van der Waals surface area contributed by atoms with E-state index >= 15 is 0 Å². The molecule has 1 heterocycles. The smallest absolute Gasteiger partial charge is 0.400 e. The third-order valence-electron chi connectivity index (χ3n) is 4.17. The summed E-state index contributed by atoms with van der Waals surface area (Å²) in [4.78, 5) is -0.178. The van der Waals surface area contributed by atoms with E-state index in [1.165, 1.54) is 26.8 Å². The molecular formula is C24H21IO4S. The summed E-state index contributed by atoms with van der Waals surface area (Å²) in [5.74, 6) is 0.996. The van der Waals surface area contributed by atoms with E-state index in [-0.39, 0.29) is 26.1 Å². The highest BCUT2D eigenvalue weighted by Crippen LogP contribution is 2.17. The molecule has 0 bridgehead atoms. The Morgan fingerprint density at radius 3 is 1.87 bits per heavy atom. The summed E-state index contributed by atoms with van der Waals surface area (Å²) in [7, 11) is -4.27. The van der Waals surface area contributed by atoms with Crippen molar-refractivity contribution in [2.45, 2.75) is 18.7 Å². The van der Waals surface area contributed by atoms with E-state index in [9.17, 15) is 13.0 Å². The molecule has 0 N–H and O–H groups in total. The molecule has 0 radical (unpaired) electrons. The lowest BCUT2D eigenvalue weighted by Gasteiger charge is -2.05. The number of rotatable bonds is 4. The van der Waals surface area contributed by atoms with Crippen LogP contribution in [0.25, 0.3) is 11.1 Å². The van der Waals surface area contributed by atoms with Gasteiger partial charge in [0, 0.05) is 6.07 Å². The minimum Gasteiger partial charge on any atom is -0.744 e. The molecule has 0 aliphatic carbocycles. The minimum absolute atomic E-state index is 0.178. The highest BCUT2D eigenvalue weighted by Gasteiger charge is 2.19. The highest BCUT2D eigenvalue weighted by molar-refractivity contribution is 7.85. The maximum Gasteiger partial charge on any atom is 0.400 e. The van der Waals surface area contributed by atoms with E-state index < -0.39 is 10.1 Å². The van der Waals surface area contributed by atoms with Gasteiger partial charge >= 0.3 is 25.0 Å². The van der Waals surface area contributed by atoms with Gasteiger partial charge in [0.15, 0.2) is 3.57 Å². The van der Waals surface area contributed by atoms with E-state index in [2.05, 4.69) is 54.6 Å². The zero-order valence-electron chi connectivity index (χ0n) is 16.6. The Bertz CT molecular complexity index is 1180. The fourth-order valence-corrected chi connectivity index (χ4v) is 5.22. The summed E-state index contributed by atoms with van der Waals surface area (Å²) < 4.78 is 39.3. The van der Waals surface area contributed by atoms with Crippen LogP contribution in [0.2, 0.25) is 0 Å². The van der Waals surface area contributed by atoms with Gasteiger partial charge in [0.25, 0.3) is 0 Å². The molecule has 6 heteroatoms. The van der Waals surface area contributed by atoms with E-state index in [0.717, 1.165) is 15.1 Å². The molecule has 0 saturated heterocycles. The zero-order chi connectivity index (χ0) is 21.6. The molecule has 0 unspecified atom stereocenters. The van der Waals surface area contributed by atoms with E-state index in [1.807, 2.05) is 26.0 Å². The molecule has 154 valence electrons. The third-order valence-corrected chi connectivity index (χ3v) is 7.47. The topological polar surface area (TPSA) is 70.3 Å². The van der Waals surface area contributed by atoms with Crippen LogP contribution in [0.1, 0.15) is 11.3 Å². The first-order valence-electron chi connectivity index (χ1n) is 9.20. The molecular weight excluding hydrogens is 511 g/mol. The van der Waals surface area contributed by atoms with Crippen molar-refractivity contribution in [1.82, 2.24) is 0 Å². The molecule has 0 amide bonds. The summed E-state index contributed by atoms with van der Waals surface area (Å²) in [6, 6.07) is 29.2. The van der Waals surface area contributed by atoms with Crippen LogP contribution in [-0.2, 0) is 10.1 Å². The van der Waals surface area contributed by atoms with Crippen LogP contribution >= 0.6 is 0 Å². The van der Waals surface area contributed by atoms with Crippen LogP contribution in [0, 0.1) is 21.2 Å².